The molecule has 0 aliphatic heterocycles. The van der Waals surface area contributed by atoms with Crippen molar-refractivity contribution < 1.29 is 0 Å². The van der Waals surface area contributed by atoms with E-state index >= 15 is 0 Å². The Morgan fingerprint density at radius 1 is 1.47 bits per heavy atom. The van der Waals surface area contributed by atoms with Gasteiger partial charge < -0.3 is 10.6 Å². The van der Waals surface area contributed by atoms with Crippen LogP contribution in [0.4, 0.5) is 5.82 Å². The Bertz CT molecular complexity index is 322. The first-order valence-electron chi connectivity index (χ1n) is 5.34. The minimum atomic E-state index is 0.148. The molecule has 0 saturated heterocycles. The summed E-state index contributed by atoms with van der Waals surface area (Å²) in [7, 11) is 2.00. The van der Waals surface area contributed by atoms with E-state index in [1.165, 1.54) is 0 Å². The van der Waals surface area contributed by atoms with Crippen LogP contribution in [0.2, 0.25) is 0 Å². The van der Waals surface area contributed by atoms with Gasteiger partial charge >= 0.3 is 0 Å². The molecule has 1 atom stereocenters. The highest BCUT2D eigenvalue weighted by molar-refractivity contribution is 5.39. The van der Waals surface area contributed by atoms with Crippen molar-refractivity contribution in [1.29, 1.82) is 0 Å². The molecule has 0 saturated carbocycles. The molecule has 1 rings (SSSR count). The smallest absolute Gasteiger partial charge is 0.132 e. The molecule has 1 aromatic rings. The summed E-state index contributed by atoms with van der Waals surface area (Å²) in [5, 5.41) is 0. The molecule has 1 aromatic heterocycles. The van der Waals surface area contributed by atoms with Crippen LogP contribution in [-0.4, -0.2) is 29.6 Å². The predicted molar refractivity (Wildman–Crippen MR) is 63.1 cm³/mol. The molecule has 4 nitrogen and oxygen atoms in total. The first-order chi connectivity index (χ1) is 7.02. The molecule has 0 radical (unpaired) electrons. The number of hydrogen-bond donors (Lipinski definition) is 1. The molecule has 0 aliphatic rings. The van der Waals surface area contributed by atoms with Crippen LogP contribution < -0.4 is 10.6 Å². The third-order valence-electron chi connectivity index (χ3n) is 2.19. The van der Waals surface area contributed by atoms with Crippen molar-refractivity contribution in [1.82, 2.24) is 9.97 Å². The molecule has 15 heavy (non-hydrogen) atoms. The topological polar surface area (TPSA) is 55.0 Å². The van der Waals surface area contributed by atoms with Gasteiger partial charge in [0.15, 0.2) is 0 Å². The maximum absolute atomic E-state index is 5.75. The van der Waals surface area contributed by atoms with Gasteiger partial charge in [0.2, 0.25) is 0 Å². The Labute approximate surface area is 91.5 Å². The Hall–Kier alpha value is -1.16. The second-order valence-corrected chi connectivity index (χ2v) is 3.98. The normalized spacial score (nSPS) is 12.6. The van der Waals surface area contributed by atoms with Crippen LogP contribution in [0.1, 0.15) is 25.4 Å². The lowest BCUT2D eigenvalue weighted by Gasteiger charge is -2.20. The van der Waals surface area contributed by atoms with Crippen molar-refractivity contribution in [2.24, 2.45) is 5.73 Å². The van der Waals surface area contributed by atoms with E-state index in [-0.39, 0.29) is 6.04 Å². The van der Waals surface area contributed by atoms with Crippen molar-refractivity contribution >= 4 is 5.82 Å². The van der Waals surface area contributed by atoms with Crippen LogP contribution in [0, 0.1) is 6.92 Å². The van der Waals surface area contributed by atoms with Crippen LogP contribution in [0.3, 0.4) is 0 Å². The summed E-state index contributed by atoms with van der Waals surface area (Å²) < 4.78 is 0. The number of nitrogens with zero attached hydrogens (tertiary/aromatic N) is 3. The number of nitrogens with two attached hydrogens (primary N) is 1. The molecule has 1 unspecified atom stereocenters. The SMILES string of the molecule is CCc1cc(N(C)CC(C)N)nc(C)n1. The van der Waals surface area contributed by atoms with E-state index in [0.29, 0.717) is 0 Å². The standard InChI is InChI=1S/C11H20N4/c1-5-10-6-11(14-9(3)13-10)15(4)7-8(2)12/h6,8H,5,7,12H2,1-4H3. The molecule has 0 fully saturated rings. The Balaban J connectivity index is 2.88. The predicted octanol–water partition coefficient (Wildman–Crippen LogP) is 1.13. The van der Waals surface area contributed by atoms with E-state index in [0.717, 1.165) is 30.3 Å². The van der Waals surface area contributed by atoms with E-state index in [4.69, 9.17) is 5.73 Å². The highest BCUT2D eigenvalue weighted by atomic mass is 15.2. The fourth-order valence-electron chi connectivity index (χ4n) is 1.51. The Kier molecular flexibility index (Phi) is 4.03. The molecule has 0 bridgehead atoms. The maximum atomic E-state index is 5.75. The fourth-order valence-corrected chi connectivity index (χ4v) is 1.51. The lowest BCUT2D eigenvalue weighted by atomic mass is 10.3. The van der Waals surface area contributed by atoms with Crippen LogP contribution in [0.5, 0.6) is 0 Å². The molecule has 2 N–H and O–H groups in total. The largest absolute Gasteiger partial charge is 0.358 e. The summed E-state index contributed by atoms with van der Waals surface area (Å²) in [6, 6.07) is 2.17. The molecule has 0 aromatic carbocycles. The lowest BCUT2D eigenvalue weighted by molar-refractivity contribution is 0.708. The van der Waals surface area contributed by atoms with Crippen LogP contribution >= 0.6 is 0 Å². The van der Waals surface area contributed by atoms with Gasteiger partial charge in [0.05, 0.1) is 0 Å². The molecular formula is C11H20N4. The van der Waals surface area contributed by atoms with Gasteiger partial charge in [-0.3, -0.25) is 0 Å². The highest BCUT2D eigenvalue weighted by Gasteiger charge is 2.07. The van der Waals surface area contributed by atoms with E-state index in [2.05, 4.69) is 21.8 Å². The molecule has 0 amide bonds. The fraction of sp³-hybridized carbons (Fsp3) is 0.636. The van der Waals surface area contributed by atoms with Crippen LogP contribution in [-0.2, 0) is 6.42 Å². The number of anilines is 1. The zero-order chi connectivity index (χ0) is 11.4. The highest BCUT2D eigenvalue weighted by Crippen LogP contribution is 2.11. The molecule has 4 heteroatoms. The molecular weight excluding hydrogens is 188 g/mol. The van der Waals surface area contributed by atoms with Gasteiger partial charge in [0.1, 0.15) is 11.6 Å². The molecule has 0 spiro atoms. The number of hydrogen-bond acceptors (Lipinski definition) is 4. The number of rotatable bonds is 4. The summed E-state index contributed by atoms with van der Waals surface area (Å²) >= 11 is 0. The lowest BCUT2D eigenvalue weighted by Crippen LogP contribution is -2.33. The Morgan fingerprint density at radius 2 is 2.13 bits per heavy atom. The van der Waals surface area contributed by atoms with E-state index in [1.54, 1.807) is 0 Å². The average Bonchev–Trinajstić information content (AvgIpc) is 2.15. The summed E-state index contributed by atoms with van der Waals surface area (Å²) in [6.45, 7) is 6.81. The summed E-state index contributed by atoms with van der Waals surface area (Å²) in [6.07, 6.45) is 0.933. The van der Waals surface area contributed by atoms with Crippen molar-refractivity contribution in [3.8, 4) is 0 Å². The number of likely N-dealkylation sites (N-methyl/N-ethyl adjacent to an activating group) is 1. The van der Waals surface area contributed by atoms with Crippen molar-refractivity contribution in [2.75, 3.05) is 18.5 Å². The van der Waals surface area contributed by atoms with Gasteiger partial charge in [-0.25, -0.2) is 9.97 Å². The Morgan fingerprint density at radius 3 is 2.67 bits per heavy atom. The van der Waals surface area contributed by atoms with Gasteiger partial charge in [0, 0.05) is 31.4 Å². The zero-order valence-corrected chi connectivity index (χ0v) is 9.99. The van der Waals surface area contributed by atoms with E-state index in [1.807, 2.05) is 27.0 Å². The van der Waals surface area contributed by atoms with Gasteiger partial charge in [-0.05, 0) is 20.3 Å². The average molecular weight is 208 g/mol. The third-order valence-corrected chi connectivity index (χ3v) is 2.19. The van der Waals surface area contributed by atoms with Gasteiger partial charge in [0.25, 0.3) is 0 Å². The minimum Gasteiger partial charge on any atom is -0.358 e. The summed E-state index contributed by atoms with van der Waals surface area (Å²) in [5.41, 5.74) is 6.83. The molecule has 0 aliphatic carbocycles. The zero-order valence-electron chi connectivity index (χ0n) is 9.99. The van der Waals surface area contributed by atoms with Gasteiger partial charge in [-0.15, -0.1) is 0 Å². The van der Waals surface area contributed by atoms with Crippen LogP contribution in [0.25, 0.3) is 0 Å². The maximum Gasteiger partial charge on any atom is 0.132 e. The van der Waals surface area contributed by atoms with Crippen molar-refractivity contribution in [2.45, 2.75) is 33.2 Å². The number of aryl methyl sites for hydroxylation is 2. The molecule has 1 heterocycles. The number of aromatic nitrogens is 2. The monoisotopic (exact) mass is 208 g/mol. The molecule has 84 valence electrons. The first kappa shape index (κ1) is 11.9. The quantitative estimate of drug-likeness (QED) is 0.806. The minimum absolute atomic E-state index is 0.148. The summed E-state index contributed by atoms with van der Waals surface area (Å²) in [4.78, 5) is 10.8. The first-order valence-corrected chi connectivity index (χ1v) is 5.34. The second-order valence-electron chi connectivity index (χ2n) is 3.98. The van der Waals surface area contributed by atoms with Crippen LogP contribution in [0.15, 0.2) is 6.07 Å². The van der Waals surface area contributed by atoms with Crippen molar-refractivity contribution in [3.63, 3.8) is 0 Å². The van der Waals surface area contributed by atoms with Gasteiger partial charge in [-0.2, -0.15) is 0 Å². The van der Waals surface area contributed by atoms with E-state index in [9.17, 15) is 0 Å². The van der Waals surface area contributed by atoms with E-state index < -0.39 is 0 Å². The third kappa shape index (κ3) is 3.47. The van der Waals surface area contributed by atoms with Crippen molar-refractivity contribution in [3.05, 3.63) is 17.6 Å². The second kappa shape index (κ2) is 5.07. The summed E-state index contributed by atoms with van der Waals surface area (Å²) in [5.74, 6) is 1.78. The van der Waals surface area contributed by atoms with Gasteiger partial charge in [-0.1, -0.05) is 6.92 Å².